The van der Waals surface area contributed by atoms with Gasteiger partial charge in [0.05, 0.1) is 0 Å². The molecule has 0 fully saturated rings. The van der Waals surface area contributed by atoms with Crippen molar-refractivity contribution in [3.8, 4) is 0 Å². The Labute approximate surface area is 95.1 Å². The molecule has 0 unspecified atom stereocenters. The minimum atomic E-state index is -0.488. The molecule has 0 heterocycles. The smallest absolute Gasteiger partial charge is 0.241 e. The van der Waals surface area contributed by atoms with E-state index in [0.717, 1.165) is 34.0 Å². The summed E-state index contributed by atoms with van der Waals surface area (Å²) in [6.45, 7) is 0. The normalized spacial score (nSPS) is 16.8. The van der Waals surface area contributed by atoms with Gasteiger partial charge in [-0.15, -0.1) is 0 Å². The summed E-state index contributed by atoms with van der Waals surface area (Å²) in [4.78, 5) is 10.8. The molecule has 0 saturated carbocycles. The number of carbonyl (C=O) groups excluding carboxylic acids is 1. The number of nitrogens with two attached hydrogens (primary N) is 1. The molecule has 1 aliphatic rings. The number of hydrogen-bond acceptors (Lipinski definition) is 1. The maximum Gasteiger partial charge on any atom is 0.241 e. The molecular weight excluding hydrogens is 261 g/mol. The lowest BCUT2D eigenvalue weighted by Gasteiger charge is -2.03. The predicted octanol–water partition coefficient (Wildman–Crippen LogP) is 2.40. The summed E-state index contributed by atoms with van der Waals surface area (Å²) in [5, 5.41) is 0. The van der Waals surface area contributed by atoms with Crippen LogP contribution in [0.1, 0.15) is 17.5 Å². The highest BCUT2D eigenvalue weighted by atomic mass is 79.9. The first-order chi connectivity index (χ1) is 7.08. The number of rotatable bonds is 1. The van der Waals surface area contributed by atoms with Gasteiger partial charge >= 0.3 is 0 Å². The number of amides is 1. The van der Waals surface area contributed by atoms with Gasteiger partial charge in [0.2, 0.25) is 5.91 Å². The molecule has 0 atom stereocenters. The average Bonchev–Trinajstić information content (AvgIpc) is 2.48. The second-order valence-corrected chi connectivity index (χ2v) is 4.34. The van der Waals surface area contributed by atoms with E-state index in [1.54, 1.807) is 0 Å². The predicted molar refractivity (Wildman–Crippen MR) is 59.6 cm³/mol. The highest BCUT2D eigenvalue weighted by molar-refractivity contribution is 9.10. The molecule has 4 heteroatoms. The first kappa shape index (κ1) is 10.4. The van der Waals surface area contributed by atoms with Crippen LogP contribution in [0.25, 0.3) is 5.57 Å². The largest absolute Gasteiger partial charge is 0.366 e. The highest BCUT2D eigenvalue weighted by Crippen LogP contribution is 2.37. The quantitative estimate of drug-likeness (QED) is 0.782. The van der Waals surface area contributed by atoms with Crippen LogP contribution in [0.15, 0.2) is 22.7 Å². The topological polar surface area (TPSA) is 43.1 Å². The zero-order valence-corrected chi connectivity index (χ0v) is 9.47. The van der Waals surface area contributed by atoms with Gasteiger partial charge in [0, 0.05) is 10.5 Å². The zero-order valence-electron chi connectivity index (χ0n) is 7.89. The van der Waals surface area contributed by atoms with Crippen molar-refractivity contribution in [2.45, 2.75) is 12.8 Å². The Morgan fingerprint density at radius 2 is 2.20 bits per heavy atom. The molecule has 1 aliphatic carbocycles. The van der Waals surface area contributed by atoms with Crippen molar-refractivity contribution in [3.05, 3.63) is 39.6 Å². The molecule has 0 aromatic heterocycles. The standard InChI is InChI=1S/C11H9BrFNO/c12-10-5-7(13)4-9-6(3-11(14)15)1-2-8(9)10/h3-5H,1-2H2,(H2,14,15). The maximum atomic E-state index is 13.2. The van der Waals surface area contributed by atoms with E-state index in [9.17, 15) is 9.18 Å². The van der Waals surface area contributed by atoms with Crippen LogP contribution in [0.3, 0.4) is 0 Å². The van der Waals surface area contributed by atoms with Gasteiger partial charge in [-0.25, -0.2) is 4.39 Å². The minimum Gasteiger partial charge on any atom is -0.366 e. The van der Waals surface area contributed by atoms with E-state index >= 15 is 0 Å². The van der Waals surface area contributed by atoms with E-state index in [2.05, 4.69) is 15.9 Å². The third-order valence-corrected chi connectivity index (χ3v) is 3.17. The number of hydrogen-bond donors (Lipinski definition) is 1. The van der Waals surface area contributed by atoms with Crippen LogP contribution >= 0.6 is 15.9 Å². The number of benzene rings is 1. The Hall–Kier alpha value is -1.16. The molecule has 2 nitrogen and oxygen atoms in total. The second-order valence-electron chi connectivity index (χ2n) is 3.49. The lowest BCUT2D eigenvalue weighted by molar-refractivity contribution is -0.113. The minimum absolute atomic E-state index is 0.308. The van der Waals surface area contributed by atoms with Crippen LogP contribution in [0.5, 0.6) is 0 Å². The number of fused-ring (bicyclic) bond motifs is 1. The maximum absolute atomic E-state index is 13.2. The molecule has 1 aromatic carbocycles. The van der Waals surface area contributed by atoms with Crippen LogP contribution in [0.4, 0.5) is 4.39 Å². The van der Waals surface area contributed by atoms with Crippen LogP contribution in [-0.4, -0.2) is 5.91 Å². The van der Waals surface area contributed by atoms with Crippen LogP contribution in [0, 0.1) is 5.82 Å². The first-order valence-corrected chi connectivity index (χ1v) is 5.35. The molecule has 15 heavy (non-hydrogen) atoms. The lowest BCUT2D eigenvalue weighted by Crippen LogP contribution is -2.06. The number of halogens is 2. The van der Waals surface area contributed by atoms with Gasteiger partial charge in [-0.05, 0) is 41.7 Å². The summed E-state index contributed by atoms with van der Waals surface area (Å²) >= 11 is 3.31. The van der Waals surface area contributed by atoms with Gasteiger partial charge in [0.1, 0.15) is 5.82 Å². The lowest BCUT2D eigenvalue weighted by atomic mass is 10.1. The Morgan fingerprint density at radius 3 is 2.87 bits per heavy atom. The summed E-state index contributed by atoms with van der Waals surface area (Å²) < 4.78 is 13.9. The van der Waals surface area contributed by atoms with E-state index in [0.29, 0.717) is 0 Å². The number of primary amides is 1. The van der Waals surface area contributed by atoms with Crippen molar-refractivity contribution in [1.82, 2.24) is 0 Å². The SMILES string of the molecule is NC(=O)C=C1CCc2c(Br)cc(F)cc21. The van der Waals surface area contributed by atoms with Gasteiger partial charge in [-0.3, -0.25) is 4.79 Å². The van der Waals surface area contributed by atoms with Crippen molar-refractivity contribution in [3.63, 3.8) is 0 Å². The van der Waals surface area contributed by atoms with Crippen LogP contribution < -0.4 is 5.73 Å². The van der Waals surface area contributed by atoms with Gasteiger partial charge < -0.3 is 5.73 Å². The molecule has 78 valence electrons. The molecule has 0 spiro atoms. The highest BCUT2D eigenvalue weighted by Gasteiger charge is 2.20. The zero-order chi connectivity index (χ0) is 11.0. The van der Waals surface area contributed by atoms with E-state index in [-0.39, 0.29) is 5.82 Å². The molecule has 0 bridgehead atoms. The third-order valence-electron chi connectivity index (χ3n) is 2.47. The molecule has 1 aromatic rings. The van der Waals surface area contributed by atoms with Crippen LogP contribution in [0.2, 0.25) is 0 Å². The third kappa shape index (κ3) is 1.95. The fourth-order valence-corrected chi connectivity index (χ4v) is 2.49. The fraction of sp³-hybridized carbons (Fsp3) is 0.182. The first-order valence-electron chi connectivity index (χ1n) is 4.56. The van der Waals surface area contributed by atoms with Crippen molar-refractivity contribution in [2.75, 3.05) is 0 Å². The Morgan fingerprint density at radius 1 is 1.47 bits per heavy atom. The van der Waals surface area contributed by atoms with Gasteiger partial charge in [-0.2, -0.15) is 0 Å². The molecular formula is C11H9BrFNO. The molecule has 1 amide bonds. The molecule has 0 radical (unpaired) electrons. The monoisotopic (exact) mass is 269 g/mol. The summed E-state index contributed by atoms with van der Waals surface area (Å²) in [6.07, 6.45) is 2.92. The summed E-state index contributed by atoms with van der Waals surface area (Å²) in [6, 6.07) is 2.88. The van der Waals surface area contributed by atoms with E-state index < -0.39 is 5.91 Å². The molecule has 2 rings (SSSR count). The van der Waals surface area contributed by atoms with E-state index in [1.165, 1.54) is 18.2 Å². The van der Waals surface area contributed by atoms with Crippen molar-refractivity contribution >= 4 is 27.4 Å². The van der Waals surface area contributed by atoms with E-state index in [1.807, 2.05) is 0 Å². The Balaban J connectivity index is 2.55. The molecule has 0 saturated heterocycles. The summed E-state index contributed by atoms with van der Waals surface area (Å²) in [7, 11) is 0. The van der Waals surface area contributed by atoms with Crippen molar-refractivity contribution < 1.29 is 9.18 Å². The average molecular weight is 270 g/mol. The molecule has 2 N–H and O–H groups in total. The fourth-order valence-electron chi connectivity index (χ4n) is 1.86. The number of allylic oxidation sites excluding steroid dienone is 1. The van der Waals surface area contributed by atoms with E-state index in [4.69, 9.17) is 5.73 Å². The summed E-state index contributed by atoms with van der Waals surface area (Å²) in [5.74, 6) is -0.795. The van der Waals surface area contributed by atoms with Gasteiger partial charge in [0.15, 0.2) is 0 Å². The van der Waals surface area contributed by atoms with Gasteiger partial charge in [0.25, 0.3) is 0 Å². The van der Waals surface area contributed by atoms with Gasteiger partial charge in [-0.1, -0.05) is 15.9 Å². The molecule has 0 aliphatic heterocycles. The van der Waals surface area contributed by atoms with Crippen molar-refractivity contribution in [2.24, 2.45) is 5.73 Å². The van der Waals surface area contributed by atoms with Crippen molar-refractivity contribution in [1.29, 1.82) is 0 Å². The second kappa shape index (κ2) is 3.77. The Kier molecular flexibility index (Phi) is 2.61. The van der Waals surface area contributed by atoms with Crippen LogP contribution in [-0.2, 0) is 11.2 Å². The number of carbonyl (C=O) groups is 1. The summed E-state index contributed by atoms with van der Waals surface area (Å²) in [5.41, 5.74) is 7.74. The Bertz CT molecular complexity index is 468.